The summed E-state index contributed by atoms with van der Waals surface area (Å²) < 4.78 is 59.5. The third kappa shape index (κ3) is 6.97. The van der Waals surface area contributed by atoms with E-state index in [1.807, 2.05) is 24.9 Å². The summed E-state index contributed by atoms with van der Waals surface area (Å²) in [7, 11) is 1.82. The van der Waals surface area contributed by atoms with Crippen molar-refractivity contribution in [3.8, 4) is 0 Å². The lowest BCUT2D eigenvalue weighted by atomic mass is 10.0. The van der Waals surface area contributed by atoms with Crippen LogP contribution in [0.15, 0.2) is 53.5 Å². The maximum atomic E-state index is 14.2. The molecule has 0 radical (unpaired) electrons. The highest BCUT2D eigenvalue weighted by molar-refractivity contribution is 5.70. The Kier molecular flexibility index (Phi) is 8.27. The van der Waals surface area contributed by atoms with E-state index in [0.29, 0.717) is 49.7 Å². The smallest absolute Gasteiger partial charge is 0.378 e. The van der Waals surface area contributed by atoms with Crippen molar-refractivity contribution in [2.45, 2.75) is 32.0 Å². The molecule has 12 heteroatoms. The van der Waals surface area contributed by atoms with Gasteiger partial charge in [-0.25, -0.2) is 14.8 Å². The van der Waals surface area contributed by atoms with Crippen LogP contribution in [0.2, 0.25) is 0 Å². The lowest BCUT2D eigenvalue weighted by Gasteiger charge is -2.28. The Morgan fingerprint density at radius 3 is 2.70 bits per heavy atom. The molecule has 1 aromatic carbocycles. The third-order valence-corrected chi connectivity index (χ3v) is 5.86. The van der Waals surface area contributed by atoms with Crippen LogP contribution in [-0.2, 0) is 17.3 Å². The van der Waals surface area contributed by atoms with Crippen LogP contribution < -0.4 is 15.6 Å². The van der Waals surface area contributed by atoms with Crippen molar-refractivity contribution in [1.82, 2.24) is 14.9 Å². The molecule has 8 nitrogen and oxygen atoms in total. The molecule has 1 fully saturated rings. The zero-order valence-corrected chi connectivity index (χ0v) is 20.6. The van der Waals surface area contributed by atoms with Gasteiger partial charge in [0.15, 0.2) is 11.6 Å². The molecular weight excluding hydrogens is 490 g/mol. The lowest BCUT2D eigenvalue weighted by Crippen LogP contribution is -2.37. The molecular formula is C25H29F4N7O. The molecule has 2 aliphatic rings. The maximum Gasteiger partial charge on any atom is 0.416 e. The van der Waals surface area contributed by atoms with Crippen LogP contribution >= 0.6 is 0 Å². The molecule has 0 saturated carbocycles. The fourth-order valence-corrected chi connectivity index (χ4v) is 4.02. The van der Waals surface area contributed by atoms with E-state index in [9.17, 15) is 17.6 Å². The van der Waals surface area contributed by atoms with Gasteiger partial charge in [0.1, 0.15) is 0 Å². The number of aromatic nitrogens is 2. The quantitative estimate of drug-likeness (QED) is 0.299. The van der Waals surface area contributed by atoms with Gasteiger partial charge < -0.3 is 19.9 Å². The fourth-order valence-electron chi connectivity index (χ4n) is 4.02. The molecule has 1 atom stereocenters. The highest BCUT2D eigenvalue weighted by Crippen LogP contribution is 2.33. The van der Waals surface area contributed by atoms with Gasteiger partial charge in [-0.05, 0) is 36.3 Å². The van der Waals surface area contributed by atoms with Crippen LogP contribution in [0.5, 0.6) is 0 Å². The third-order valence-electron chi connectivity index (χ3n) is 5.86. The maximum absolute atomic E-state index is 14.2. The van der Waals surface area contributed by atoms with Gasteiger partial charge in [-0.3, -0.25) is 0 Å². The number of likely N-dealkylation sites (N-methyl/N-ethyl adjacent to an activating group) is 1. The summed E-state index contributed by atoms with van der Waals surface area (Å²) in [5.41, 5.74) is 3.70. The summed E-state index contributed by atoms with van der Waals surface area (Å²) >= 11 is 0. The molecule has 1 saturated heterocycles. The molecule has 198 valence electrons. The van der Waals surface area contributed by atoms with E-state index in [2.05, 4.69) is 25.8 Å². The number of halogens is 4. The lowest BCUT2D eigenvalue weighted by molar-refractivity contribution is -0.137. The number of hydrazone groups is 1. The van der Waals surface area contributed by atoms with Crippen molar-refractivity contribution in [2.75, 3.05) is 49.0 Å². The Bertz CT molecular complexity index is 1180. The van der Waals surface area contributed by atoms with Gasteiger partial charge in [0.25, 0.3) is 0 Å². The number of hydrogen-bond acceptors (Lipinski definition) is 8. The number of alkyl halides is 3. The molecule has 4 rings (SSSR count). The molecule has 3 heterocycles. The first-order valence-corrected chi connectivity index (χ1v) is 12.0. The van der Waals surface area contributed by atoms with Gasteiger partial charge in [-0.1, -0.05) is 19.4 Å². The second kappa shape index (κ2) is 11.6. The van der Waals surface area contributed by atoms with Crippen LogP contribution in [0.4, 0.5) is 35.0 Å². The van der Waals surface area contributed by atoms with E-state index >= 15 is 0 Å². The van der Waals surface area contributed by atoms with E-state index in [4.69, 9.17) is 4.74 Å². The number of anilines is 3. The van der Waals surface area contributed by atoms with Crippen LogP contribution in [-0.4, -0.2) is 60.5 Å². The first kappa shape index (κ1) is 26.4. The van der Waals surface area contributed by atoms with Gasteiger partial charge in [0, 0.05) is 32.0 Å². The summed E-state index contributed by atoms with van der Waals surface area (Å²) in [6.07, 6.45) is 5.02. The molecule has 0 aliphatic carbocycles. The monoisotopic (exact) mass is 519 g/mol. The number of allylic oxidation sites excluding steroid dienone is 1. The Hall–Kier alpha value is -3.67. The van der Waals surface area contributed by atoms with Crippen molar-refractivity contribution in [3.63, 3.8) is 0 Å². The molecule has 2 aromatic rings. The predicted molar refractivity (Wildman–Crippen MR) is 135 cm³/mol. The predicted octanol–water partition coefficient (Wildman–Crippen LogP) is 4.65. The number of aryl methyl sites for hydroxylation is 1. The van der Waals surface area contributed by atoms with Crippen molar-refractivity contribution >= 4 is 23.7 Å². The molecule has 2 aliphatic heterocycles. The van der Waals surface area contributed by atoms with Crippen molar-refractivity contribution in [2.24, 2.45) is 5.10 Å². The van der Waals surface area contributed by atoms with Crippen LogP contribution in [0.3, 0.4) is 0 Å². The SMILES string of the molecule is CCCc1cc(NC2=CN(C)C(/C=N/Nc3ncc(F)c(N4CCOCC4)n3)C=C2)cc(C(F)(F)F)c1. The van der Waals surface area contributed by atoms with Gasteiger partial charge in [-0.2, -0.15) is 23.3 Å². The van der Waals surface area contributed by atoms with E-state index < -0.39 is 17.6 Å². The largest absolute Gasteiger partial charge is 0.416 e. The van der Waals surface area contributed by atoms with Crippen molar-refractivity contribution in [1.29, 1.82) is 0 Å². The standard InChI is InChI=1S/C25H29F4N7O/c1-3-4-17-11-18(25(27,28)29)13-20(12-17)32-19-5-6-21(35(2)16-19)14-31-34-24-30-15-22(26)23(33-24)36-7-9-37-10-8-36/h5-6,11-16,21,32H,3-4,7-10H2,1-2H3,(H,30,33,34)/b31-14+. The Balaban J connectivity index is 1.39. The molecule has 0 bridgehead atoms. The average Bonchev–Trinajstić information content (AvgIpc) is 2.86. The number of nitrogens with one attached hydrogen (secondary N) is 2. The topological polar surface area (TPSA) is 77.9 Å². The van der Waals surface area contributed by atoms with Crippen LogP contribution in [0.1, 0.15) is 24.5 Å². The molecule has 0 spiro atoms. The van der Waals surface area contributed by atoms with Gasteiger partial charge >= 0.3 is 6.18 Å². The Morgan fingerprint density at radius 1 is 1.22 bits per heavy atom. The Morgan fingerprint density at radius 2 is 2.00 bits per heavy atom. The zero-order valence-electron chi connectivity index (χ0n) is 20.6. The summed E-state index contributed by atoms with van der Waals surface area (Å²) in [6, 6.07) is 3.81. The van der Waals surface area contributed by atoms with E-state index in [1.54, 1.807) is 29.5 Å². The van der Waals surface area contributed by atoms with E-state index in [-0.39, 0.29) is 17.8 Å². The highest BCUT2D eigenvalue weighted by Gasteiger charge is 2.31. The second-order valence-electron chi connectivity index (χ2n) is 8.75. The molecule has 0 amide bonds. The normalized spacial score (nSPS) is 18.3. The minimum atomic E-state index is -4.42. The van der Waals surface area contributed by atoms with E-state index in [1.165, 1.54) is 6.07 Å². The number of rotatable bonds is 8. The number of morpholine rings is 1. The van der Waals surface area contributed by atoms with Gasteiger partial charge in [0.05, 0.1) is 42.9 Å². The highest BCUT2D eigenvalue weighted by atomic mass is 19.4. The first-order valence-electron chi connectivity index (χ1n) is 12.0. The molecule has 1 aromatic heterocycles. The number of hydrogen-bond donors (Lipinski definition) is 2. The number of nitrogens with zero attached hydrogens (tertiary/aromatic N) is 5. The van der Waals surface area contributed by atoms with Crippen LogP contribution in [0.25, 0.3) is 0 Å². The molecule has 1 unspecified atom stereocenters. The van der Waals surface area contributed by atoms with Crippen molar-refractivity contribution < 1.29 is 22.3 Å². The number of ether oxygens (including phenoxy) is 1. The minimum Gasteiger partial charge on any atom is -0.378 e. The summed E-state index contributed by atoms with van der Waals surface area (Å²) in [4.78, 5) is 11.8. The number of benzene rings is 1. The zero-order chi connectivity index (χ0) is 26.4. The minimum absolute atomic E-state index is 0.159. The average molecular weight is 520 g/mol. The summed E-state index contributed by atoms with van der Waals surface area (Å²) in [6.45, 7) is 4.01. The van der Waals surface area contributed by atoms with E-state index in [0.717, 1.165) is 18.7 Å². The van der Waals surface area contributed by atoms with Crippen molar-refractivity contribution in [3.05, 3.63) is 65.4 Å². The second-order valence-corrected chi connectivity index (χ2v) is 8.75. The summed E-state index contributed by atoms with van der Waals surface area (Å²) in [5.74, 6) is -0.160. The fraction of sp³-hybridized carbons (Fsp3) is 0.400. The first-order chi connectivity index (χ1) is 17.7. The van der Waals surface area contributed by atoms with Gasteiger partial charge in [-0.15, -0.1) is 0 Å². The Labute approximate surface area is 212 Å². The molecule has 37 heavy (non-hydrogen) atoms. The molecule has 2 N–H and O–H groups in total. The van der Waals surface area contributed by atoms with Gasteiger partial charge in [0.2, 0.25) is 5.95 Å². The summed E-state index contributed by atoms with van der Waals surface area (Å²) in [5, 5.41) is 7.25. The van der Waals surface area contributed by atoms with Crippen LogP contribution in [0, 0.1) is 5.82 Å².